The first-order chi connectivity index (χ1) is 11.3. The second-order valence-electron chi connectivity index (χ2n) is 5.47. The van der Waals surface area contributed by atoms with Crippen molar-refractivity contribution in [3.05, 3.63) is 71.0 Å². The van der Waals surface area contributed by atoms with Crippen LogP contribution < -0.4 is 4.72 Å². The van der Waals surface area contributed by atoms with Crippen LogP contribution in [-0.2, 0) is 15.8 Å². The third-order valence-electron chi connectivity index (χ3n) is 3.46. The van der Waals surface area contributed by atoms with Gasteiger partial charge in [0, 0.05) is 6.04 Å². The number of benzene rings is 2. The molecular weight excluding hydrogens is 331 g/mol. The van der Waals surface area contributed by atoms with Gasteiger partial charge < -0.3 is 5.11 Å². The van der Waals surface area contributed by atoms with Gasteiger partial charge in [-0.1, -0.05) is 24.3 Å². The molecule has 0 unspecified atom stereocenters. The Morgan fingerprint density at radius 3 is 2.54 bits per heavy atom. The van der Waals surface area contributed by atoms with Crippen molar-refractivity contribution in [1.82, 2.24) is 4.72 Å². The molecule has 2 N–H and O–H groups in total. The van der Waals surface area contributed by atoms with Gasteiger partial charge in [0.1, 0.15) is 5.82 Å². The molecule has 2 aromatic carbocycles. The summed E-state index contributed by atoms with van der Waals surface area (Å²) in [5.74, 6) is -0.736. The summed E-state index contributed by atoms with van der Waals surface area (Å²) in [6.45, 7) is 1.53. The predicted octanol–water partition coefficient (Wildman–Crippen LogP) is 2.24. The maximum Gasteiger partial charge on any atom is 0.216 e. The summed E-state index contributed by atoms with van der Waals surface area (Å²) in [4.78, 5) is 0. The lowest BCUT2D eigenvalue weighted by Crippen LogP contribution is -2.37. The Balaban J connectivity index is 2.07. The summed E-state index contributed by atoms with van der Waals surface area (Å²) in [5.41, 5.74) is 1.27. The Morgan fingerprint density at radius 2 is 1.92 bits per heavy atom. The Hall–Kier alpha value is -2.27. The average molecular weight is 348 g/mol. The molecule has 0 aliphatic heterocycles. The van der Waals surface area contributed by atoms with E-state index in [2.05, 4.69) is 4.72 Å². The van der Waals surface area contributed by atoms with Gasteiger partial charge >= 0.3 is 0 Å². The van der Waals surface area contributed by atoms with Crippen molar-refractivity contribution in [3.8, 4) is 6.07 Å². The number of hydrogen-bond donors (Lipinski definition) is 2. The molecule has 0 bridgehead atoms. The number of aliphatic hydroxyl groups is 1. The highest BCUT2D eigenvalue weighted by Crippen LogP contribution is 2.18. The summed E-state index contributed by atoms with van der Waals surface area (Å²) in [5, 5.41) is 19.0. The van der Waals surface area contributed by atoms with Crippen LogP contribution in [0.4, 0.5) is 4.39 Å². The standard InChI is InChI=1S/C17H17FN2O3S/c1-12(17(21)15-5-7-16(18)8-6-15)20-24(22,23)11-14-4-2-3-13(9-14)10-19/h2-9,12,17,20-21H,11H2,1H3/t12-,17-/m1/s1. The lowest BCUT2D eigenvalue weighted by atomic mass is 10.0. The fraction of sp³-hybridized carbons (Fsp3) is 0.235. The molecule has 0 saturated carbocycles. The Bertz CT molecular complexity index is 845. The van der Waals surface area contributed by atoms with Gasteiger partial charge in [0.25, 0.3) is 0 Å². The van der Waals surface area contributed by atoms with Crippen molar-refractivity contribution in [2.75, 3.05) is 0 Å². The lowest BCUT2D eigenvalue weighted by Gasteiger charge is -2.20. The highest BCUT2D eigenvalue weighted by molar-refractivity contribution is 7.88. The third kappa shape index (κ3) is 4.86. The van der Waals surface area contributed by atoms with Crippen LogP contribution in [0, 0.1) is 17.1 Å². The predicted molar refractivity (Wildman–Crippen MR) is 87.7 cm³/mol. The second-order valence-corrected chi connectivity index (χ2v) is 7.23. The van der Waals surface area contributed by atoms with E-state index in [-0.39, 0.29) is 5.75 Å². The zero-order valence-corrected chi connectivity index (χ0v) is 13.8. The molecule has 0 aliphatic rings. The molecule has 0 radical (unpaired) electrons. The van der Waals surface area contributed by atoms with E-state index < -0.39 is 28.0 Å². The molecule has 7 heteroatoms. The molecule has 24 heavy (non-hydrogen) atoms. The molecule has 2 aromatic rings. The van der Waals surface area contributed by atoms with Crippen LogP contribution >= 0.6 is 0 Å². The second kappa shape index (κ2) is 7.53. The minimum atomic E-state index is -3.71. The van der Waals surface area contributed by atoms with E-state index in [0.717, 1.165) is 0 Å². The van der Waals surface area contributed by atoms with Gasteiger partial charge in [-0.15, -0.1) is 0 Å². The molecule has 2 atom stereocenters. The smallest absolute Gasteiger partial charge is 0.216 e. The van der Waals surface area contributed by atoms with Gasteiger partial charge in [0.05, 0.1) is 23.5 Å². The molecule has 0 saturated heterocycles. The maximum atomic E-state index is 12.9. The zero-order chi connectivity index (χ0) is 17.7. The first-order valence-electron chi connectivity index (χ1n) is 7.23. The van der Waals surface area contributed by atoms with Crippen LogP contribution in [0.3, 0.4) is 0 Å². The molecule has 5 nitrogen and oxygen atoms in total. The molecule has 0 spiro atoms. The van der Waals surface area contributed by atoms with Crippen LogP contribution in [-0.4, -0.2) is 19.6 Å². The van der Waals surface area contributed by atoms with Crippen LogP contribution in [0.15, 0.2) is 48.5 Å². The number of sulfonamides is 1. The Labute approximate surface area is 140 Å². The maximum absolute atomic E-state index is 12.9. The first-order valence-corrected chi connectivity index (χ1v) is 8.88. The van der Waals surface area contributed by atoms with E-state index in [4.69, 9.17) is 5.26 Å². The number of nitriles is 1. The lowest BCUT2D eigenvalue weighted by molar-refractivity contribution is 0.146. The fourth-order valence-electron chi connectivity index (χ4n) is 2.29. The van der Waals surface area contributed by atoms with Crippen LogP contribution in [0.1, 0.15) is 29.7 Å². The molecule has 0 fully saturated rings. The van der Waals surface area contributed by atoms with Crippen molar-refractivity contribution >= 4 is 10.0 Å². The minimum absolute atomic E-state index is 0.303. The SMILES string of the molecule is C[C@@H](NS(=O)(=O)Cc1cccc(C#N)c1)[C@@H](O)c1ccc(F)cc1. The molecule has 2 rings (SSSR count). The zero-order valence-electron chi connectivity index (χ0n) is 13.0. The number of aliphatic hydroxyl groups excluding tert-OH is 1. The van der Waals surface area contributed by atoms with Crippen molar-refractivity contribution in [3.63, 3.8) is 0 Å². The molecule has 126 valence electrons. The van der Waals surface area contributed by atoms with E-state index >= 15 is 0 Å². The summed E-state index contributed by atoms with van der Waals surface area (Å²) in [6.07, 6.45) is -1.11. The van der Waals surface area contributed by atoms with Gasteiger partial charge in [-0.3, -0.25) is 0 Å². The number of halogens is 1. The molecule has 0 heterocycles. The number of nitrogens with zero attached hydrogens (tertiary/aromatic N) is 1. The highest BCUT2D eigenvalue weighted by atomic mass is 32.2. The summed E-state index contributed by atoms with van der Waals surface area (Å²) in [7, 11) is -3.71. The molecule has 0 amide bonds. The Kier molecular flexibility index (Phi) is 5.67. The summed E-state index contributed by atoms with van der Waals surface area (Å²) >= 11 is 0. The molecular formula is C17H17FN2O3S. The van der Waals surface area contributed by atoms with E-state index in [1.807, 2.05) is 6.07 Å². The largest absolute Gasteiger partial charge is 0.387 e. The first kappa shape index (κ1) is 18.1. The van der Waals surface area contributed by atoms with Crippen molar-refractivity contribution in [2.45, 2.75) is 24.8 Å². The monoisotopic (exact) mass is 348 g/mol. The van der Waals surface area contributed by atoms with E-state index in [0.29, 0.717) is 16.7 Å². The van der Waals surface area contributed by atoms with E-state index in [1.165, 1.54) is 37.3 Å². The van der Waals surface area contributed by atoms with Gasteiger partial charge in [-0.2, -0.15) is 5.26 Å². The topological polar surface area (TPSA) is 90.2 Å². The number of nitrogens with one attached hydrogen (secondary N) is 1. The van der Waals surface area contributed by atoms with Gasteiger partial charge in [0.2, 0.25) is 10.0 Å². The van der Waals surface area contributed by atoms with Gasteiger partial charge in [-0.05, 0) is 42.3 Å². The molecule has 0 aliphatic carbocycles. The van der Waals surface area contributed by atoms with Crippen molar-refractivity contribution < 1.29 is 17.9 Å². The number of rotatable bonds is 6. The van der Waals surface area contributed by atoms with E-state index in [9.17, 15) is 17.9 Å². The number of hydrogen-bond acceptors (Lipinski definition) is 4. The average Bonchev–Trinajstić information content (AvgIpc) is 2.54. The molecule has 0 aromatic heterocycles. The van der Waals surface area contributed by atoms with Crippen LogP contribution in [0.5, 0.6) is 0 Å². The van der Waals surface area contributed by atoms with Crippen molar-refractivity contribution in [2.24, 2.45) is 0 Å². The quantitative estimate of drug-likeness (QED) is 0.838. The van der Waals surface area contributed by atoms with Gasteiger partial charge in [0.15, 0.2) is 0 Å². The van der Waals surface area contributed by atoms with Crippen LogP contribution in [0.25, 0.3) is 0 Å². The third-order valence-corrected chi connectivity index (χ3v) is 4.91. The highest BCUT2D eigenvalue weighted by Gasteiger charge is 2.22. The van der Waals surface area contributed by atoms with Crippen LogP contribution in [0.2, 0.25) is 0 Å². The normalized spacial score (nSPS) is 13.9. The van der Waals surface area contributed by atoms with Gasteiger partial charge in [-0.25, -0.2) is 17.5 Å². The minimum Gasteiger partial charge on any atom is -0.387 e. The van der Waals surface area contributed by atoms with Crippen molar-refractivity contribution in [1.29, 1.82) is 5.26 Å². The Morgan fingerprint density at radius 1 is 1.25 bits per heavy atom. The fourth-order valence-corrected chi connectivity index (χ4v) is 3.69. The van der Waals surface area contributed by atoms with E-state index in [1.54, 1.807) is 18.2 Å². The summed E-state index contributed by atoms with van der Waals surface area (Å²) in [6, 6.07) is 12.7. The summed E-state index contributed by atoms with van der Waals surface area (Å²) < 4.78 is 39.8.